The Balaban J connectivity index is 1.59. The van der Waals surface area contributed by atoms with E-state index in [4.69, 9.17) is 0 Å². The molecular formula is C31H30N2S. The topological polar surface area (TPSA) is 15.3 Å². The van der Waals surface area contributed by atoms with Gasteiger partial charge in [-0.1, -0.05) is 82.3 Å². The van der Waals surface area contributed by atoms with Crippen molar-refractivity contribution in [3.63, 3.8) is 0 Å². The third-order valence-corrected chi connectivity index (χ3v) is 8.17. The Morgan fingerprint density at radius 2 is 1.38 bits per heavy atom. The number of nitrogens with zero attached hydrogens (tertiary/aromatic N) is 1. The van der Waals surface area contributed by atoms with Crippen LogP contribution in [0.2, 0.25) is 0 Å². The molecule has 3 heteroatoms. The minimum atomic E-state index is 0.0397. The van der Waals surface area contributed by atoms with Crippen LogP contribution in [0.4, 0.5) is 17.1 Å². The molecule has 0 bridgehead atoms. The zero-order chi connectivity index (χ0) is 23.4. The molecule has 34 heavy (non-hydrogen) atoms. The Kier molecular flexibility index (Phi) is 5.11. The number of para-hydroxylation sites is 3. The van der Waals surface area contributed by atoms with Crippen molar-refractivity contribution in [3.8, 4) is 0 Å². The summed E-state index contributed by atoms with van der Waals surface area (Å²) in [6.45, 7) is 9.21. The molecule has 1 aliphatic rings. The van der Waals surface area contributed by atoms with Gasteiger partial charge in [0.1, 0.15) is 6.17 Å². The molecule has 0 aliphatic carbocycles. The van der Waals surface area contributed by atoms with Gasteiger partial charge in [0, 0.05) is 20.2 Å². The molecule has 1 aromatic heterocycles. The molecule has 1 atom stereocenters. The van der Waals surface area contributed by atoms with Crippen molar-refractivity contribution in [2.45, 2.75) is 45.7 Å². The third kappa shape index (κ3) is 3.30. The largest absolute Gasteiger partial charge is 0.359 e. The highest BCUT2D eigenvalue weighted by atomic mass is 32.1. The Labute approximate surface area is 205 Å². The van der Waals surface area contributed by atoms with Gasteiger partial charge in [0.2, 0.25) is 0 Å². The van der Waals surface area contributed by atoms with Crippen molar-refractivity contribution in [1.82, 2.24) is 0 Å². The normalized spacial score (nSPS) is 15.5. The van der Waals surface area contributed by atoms with Crippen molar-refractivity contribution >= 4 is 48.6 Å². The Bertz CT molecular complexity index is 1480. The lowest BCUT2D eigenvalue weighted by atomic mass is 9.91. The van der Waals surface area contributed by atoms with Gasteiger partial charge in [-0.25, -0.2) is 0 Å². The lowest BCUT2D eigenvalue weighted by Crippen LogP contribution is -2.26. The maximum Gasteiger partial charge on any atom is 0.130 e. The highest BCUT2D eigenvalue weighted by Crippen LogP contribution is 2.50. The summed E-state index contributed by atoms with van der Waals surface area (Å²) in [7, 11) is 0. The van der Waals surface area contributed by atoms with E-state index in [2.05, 4.69) is 123 Å². The summed E-state index contributed by atoms with van der Waals surface area (Å²) in [4.78, 5) is 2.55. The van der Waals surface area contributed by atoms with Gasteiger partial charge in [0.05, 0.1) is 17.1 Å². The first-order valence-electron chi connectivity index (χ1n) is 12.2. The SMILES string of the molecule is CC(C)c1cccc(C(C)C)c1N1c2ccccc2NC1c1ccc2sc3ccccc3c2c1. The smallest absolute Gasteiger partial charge is 0.130 e. The van der Waals surface area contributed by atoms with Gasteiger partial charge in [-0.3, -0.25) is 0 Å². The number of benzene rings is 4. The lowest BCUT2D eigenvalue weighted by molar-refractivity contribution is 0.776. The van der Waals surface area contributed by atoms with Crippen molar-refractivity contribution in [1.29, 1.82) is 0 Å². The van der Waals surface area contributed by atoms with Crippen LogP contribution in [0, 0.1) is 0 Å². The molecule has 0 spiro atoms. The van der Waals surface area contributed by atoms with Crippen LogP contribution in [0.15, 0.2) is 84.9 Å². The van der Waals surface area contributed by atoms with E-state index in [1.807, 2.05) is 11.3 Å². The van der Waals surface area contributed by atoms with Gasteiger partial charge in [-0.15, -0.1) is 11.3 Å². The van der Waals surface area contributed by atoms with Crippen LogP contribution in [-0.4, -0.2) is 0 Å². The number of nitrogens with one attached hydrogen (secondary N) is 1. The molecular weight excluding hydrogens is 432 g/mol. The van der Waals surface area contributed by atoms with Crippen molar-refractivity contribution in [2.24, 2.45) is 0 Å². The maximum absolute atomic E-state index is 3.87. The van der Waals surface area contributed by atoms with Crippen LogP contribution in [0.25, 0.3) is 20.2 Å². The first-order chi connectivity index (χ1) is 16.5. The fourth-order valence-corrected chi connectivity index (χ4v) is 6.43. The number of rotatable bonds is 4. The predicted octanol–water partition coefficient (Wildman–Crippen LogP) is 9.56. The fourth-order valence-electron chi connectivity index (χ4n) is 5.34. The zero-order valence-electron chi connectivity index (χ0n) is 20.2. The lowest BCUT2D eigenvalue weighted by Gasteiger charge is -2.33. The minimum Gasteiger partial charge on any atom is -0.359 e. The Morgan fingerprint density at radius 1 is 0.706 bits per heavy atom. The highest BCUT2D eigenvalue weighted by molar-refractivity contribution is 7.25. The maximum atomic E-state index is 3.87. The second-order valence-electron chi connectivity index (χ2n) is 9.88. The summed E-state index contributed by atoms with van der Waals surface area (Å²) in [5, 5.41) is 6.55. The molecule has 2 heterocycles. The van der Waals surface area contributed by atoms with E-state index in [9.17, 15) is 0 Å². The molecule has 1 unspecified atom stereocenters. The first kappa shape index (κ1) is 21.2. The molecule has 0 radical (unpaired) electrons. The van der Waals surface area contributed by atoms with E-state index >= 15 is 0 Å². The van der Waals surface area contributed by atoms with Crippen LogP contribution in [0.5, 0.6) is 0 Å². The number of hydrogen-bond acceptors (Lipinski definition) is 3. The molecule has 1 N–H and O–H groups in total. The molecule has 4 aromatic carbocycles. The number of hydrogen-bond donors (Lipinski definition) is 1. The summed E-state index contributed by atoms with van der Waals surface area (Å²) in [5.41, 5.74) is 7.88. The van der Waals surface area contributed by atoms with Gasteiger partial charge in [0.15, 0.2) is 0 Å². The van der Waals surface area contributed by atoms with E-state index in [-0.39, 0.29) is 6.17 Å². The molecule has 0 saturated heterocycles. The van der Waals surface area contributed by atoms with Gasteiger partial charge in [-0.05, 0) is 58.9 Å². The van der Waals surface area contributed by atoms with E-state index in [1.54, 1.807) is 0 Å². The molecule has 6 rings (SSSR count). The second kappa shape index (κ2) is 8.18. The van der Waals surface area contributed by atoms with Crippen LogP contribution in [-0.2, 0) is 0 Å². The molecule has 2 nitrogen and oxygen atoms in total. The van der Waals surface area contributed by atoms with Gasteiger partial charge >= 0.3 is 0 Å². The summed E-state index contributed by atoms with van der Waals surface area (Å²) in [6, 6.07) is 31.3. The monoisotopic (exact) mass is 462 g/mol. The summed E-state index contributed by atoms with van der Waals surface area (Å²) in [5.74, 6) is 0.871. The van der Waals surface area contributed by atoms with E-state index < -0.39 is 0 Å². The van der Waals surface area contributed by atoms with Gasteiger partial charge < -0.3 is 10.2 Å². The number of fused-ring (bicyclic) bond motifs is 4. The van der Waals surface area contributed by atoms with Crippen LogP contribution < -0.4 is 10.2 Å². The highest BCUT2D eigenvalue weighted by Gasteiger charge is 2.34. The molecule has 0 saturated carbocycles. The average Bonchev–Trinajstić information content (AvgIpc) is 3.41. The zero-order valence-corrected chi connectivity index (χ0v) is 21.0. The Morgan fingerprint density at radius 3 is 2.15 bits per heavy atom. The standard InChI is InChI=1S/C31H30N2S/c1-19(2)22-11-9-12-23(20(3)4)30(22)33-27-14-7-6-13-26(27)32-31(33)21-16-17-29-25(18-21)24-10-5-8-15-28(24)34-29/h5-20,31-32H,1-4H3. The number of anilines is 3. The quantitative estimate of drug-likeness (QED) is 0.286. The van der Waals surface area contributed by atoms with Crippen LogP contribution in [0.1, 0.15) is 62.4 Å². The van der Waals surface area contributed by atoms with Gasteiger partial charge in [0.25, 0.3) is 0 Å². The fraction of sp³-hybridized carbons (Fsp3) is 0.226. The van der Waals surface area contributed by atoms with Crippen LogP contribution >= 0.6 is 11.3 Å². The second-order valence-corrected chi connectivity index (χ2v) is 11.0. The molecule has 0 amide bonds. The predicted molar refractivity (Wildman–Crippen MR) is 149 cm³/mol. The minimum absolute atomic E-state index is 0.0397. The summed E-state index contributed by atoms with van der Waals surface area (Å²) < 4.78 is 2.69. The van der Waals surface area contributed by atoms with Crippen molar-refractivity contribution in [2.75, 3.05) is 10.2 Å². The third-order valence-electron chi connectivity index (χ3n) is 7.01. The average molecular weight is 463 g/mol. The molecule has 5 aromatic rings. The molecule has 0 fully saturated rings. The van der Waals surface area contributed by atoms with E-state index in [0.29, 0.717) is 11.8 Å². The summed E-state index contributed by atoms with van der Waals surface area (Å²) >= 11 is 1.88. The van der Waals surface area contributed by atoms with E-state index in [0.717, 1.165) is 0 Å². The Hall–Kier alpha value is -3.30. The summed E-state index contributed by atoms with van der Waals surface area (Å²) in [6.07, 6.45) is 0.0397. The van der Waals surface area contributed by atoms with Crippen molar-refractivity contribution < 1.29 is 0 Å². The molecule has 1 aliphatic heterocycles. The van der Waals surface area contributed by atoms with Gasteiger partial charge in [-0.2, -0.15) is 0 Å². The van der Waals surface area contributed by atoms with E-state index in [1.165, 1.54) is 53.9 Å². The van der Waals surface area contributed by atoms with Crippen molar-refractivity contribution in [3.05, 3.63) is 102 Å². The molecule has 170 valence electrons. The van der Waals surface area contributed by atoms with Crippen LogP contribution in [0.3, 0.4) is 0 Å². The first-order valence-corrected chi connectivity index (χ1v) is 13.0. The number of thiophene rings is 1.